The molecule has 1 aromatic heterocycles. The normalized spacial score (nSPS) is 16.9. The number of nitro groups is 1. The van der Waals surface area contributed by atoms with Gasteiger partial charge >= 0.3 is 5.69 Å². The number of hydrogen-bond acceptors (Lipinski definition) is 6. The van der Waals surface area contributed by atoms with Crippen molar-refractivity contribution in [2.24, 2.45) is 0 Å². The summed E-state index contributed by atoms with van der Waals surface area (Å²) in [6.45, 7) is 1.54. The van der Waals surface area contributed by atoms with Crippen molar-refractivity contribution in [1.82, 2.24) is 9.97 Å². The average molecular weight is 266 g/mol. The van der Waals surface area contributed by atoms with Crippen molar-refractivity contribution < 1.29 is 9.66 Å². The Labute approximate surface area is 111 Å². The maximum absolute atomic E-state index is 11.1. The zero-order chi connectivity index (χ0) is 13.8. The van der Waals surface area contributed by atoms with Crippen molar-refractivity contribution in [2.75, 3.05) is 5.73 Å². The van der Waals surface area contributed by atoms with Gasteiger partial charge in [0.05, 0.1) is 4.92 Å². The smallest absolute Gasteiger partial charge is 0.352 e. The number of rotatable bonds is 3. The fraction of sp³-hybridized carbons (Fsp3) is 0.667. The van der Waals surface area contributed by atoms with Crippen LogP contribution in [0, 0.1) is 17.0 Å². The molecule has 0 unspecified atom stereocenters. The molecule has 1 saturated carbocycles. The van der Waals surface area contributed by atoms with Gasteiger partial charge < -0.3 is 10.5 Å². The number of nitrogen functional groups attached to an aromatic ring is 1. The first-order chi connectivity index (χ1) is 9.08. The fourth-order valence-electron chi connectivity index (χ4n) is 2.37. The fourth-order valence-corrected chi connectivity index (χ4v) is 2.37. The summed E-state index contributed by atoms with van der Waals surface area (Å²) in [4.78, 5) is 18.2. The van der Waals surface area contributed by atoms with Gasteiger partial charge in [-0.15, -0.1) is 0 Å². The predicted octanol–water partition coefficient (Wildman–Crippen LogP) is 2.38. The molecule has 1 aromatic rings. The minimum atomic E-state index is -0.513. The Bertz CT molecular complexity index is 470. The van der Waals surface area contributed by atoms with Crippen LogP contribution in [0.4, 0.5) is 11.6 Å². The van der Waals surface area contributed by atoms with Gasteiger partial charge in [-0.2, -0.15) is 4.98 Å². The first-order valence-electron chi connectivity index (χ1n) is 6.53. The van der Waals surface area contributed by atoms with E-state index in [0.29, 0.717) is 0 Å². The Morgan fingerprint density at radius 3 is 2.47 bits per heavy atom. The SMILES string of the molecule is Cc1nc(N)nc(OC2CCCCCC2)c1[N+](=O)[O-]. The van der Waals surface area contributed by atoms with Crippen LogP contribution in [0.2, 0.25) is 0 Å². The summed E-state index contributed by atoms with van der Waals surface area (Å²) in [5.41, 5.74) is 5.59. The Balaban J connectivity index is 2.24. The maximum atomic E-state index is 11.1. The molecular weight excluding hydrogens is 248 g/mol. The van der Waals surface area contributed by atoms with Crippen LogP contribution in [-0.2, 0) is 0 Å². The number of nitrogens with two attached hydrogens (primary N) is 1. The van der Waals surface area contributed by atoms with E-state index in [1.54, 1.807) is 0 Å². The highest BCUT2D eigenvalue weighted by Crippen LogP contribution is 2.31. The predicted molar refractivity (Wildman–Crippen MR) is 70.0 cm³/mol. The Morgan fingerprint density at radius 2 is 1.89 bits per heavy atom. The molecule has 1 fully saturated rings. The molecule has 19 heavy (non-hydrogen) atoms. The molecule has 104 valence electrons. The number of hydrogen-bond donors (Lipinski definition) is 1. The lowest BCUT2D eigenvalue weighted by atomic mass is 10.1. The Kier molecular flexibility index (Phi) is 4.13. The van der Waals surface area contributed by atoms with Crippen LogP contribution in [0.25, 0.3) is 0 Å². The van der Waals surface area contributed by atoms with Gasteiger partial charge in [-0.25, -0.2) is 4.98 Å². The van der Waals surface area contributed by atoms with E-state index in [-0.39, 0.29) is 29.3 Å². The highest BCUT2D eigenvalue weighted by Gasteiger charge is 2.26. The molecule has 0 spiro atoms. The maximum Gasteiger partial charge on any atom is 0.352 e. The van der Waals surface area contributed by atoms with Gasteiger partial charge in [-0.05, 0) is 32.6 Å². The molecule has 0 saturated heterocycles. The van der Waals surface area contributed by atoms with Crippen LogP contribution >= 0.6 is 0 Å². The molecule has 0 atom stereocenters. The van der Waals surface area contributed by atoms with E-state index in [0.717, 1.165) is 25.7 Å². The van der Waals surface area contributed by atoms with E-state index < -0.39 is 4.92 Å². The zero-order valence-corrected chi connectivity index (χ0v) is 11.0. The molecular formula is C12H18N4O3. The van der Waals surface area contributed by atoms with E-state index in [9.17, 15) is 10.1 Å². The van der Waals surface area contributed by atoms with E-state index in [2.05, 4.69) is 9.97 Å². The van der Waals surface area contributed by atoms with Gasteiger partial charge in [-0.3, -0.25) is 10.1 Å². The molecule has 0 aromatic carbocycles. The zero-order valence-electron chi connectivity index (χ0n) is 11.0. The van der Waals surface area contributed by atoms with Crippen LogP contribution < -0.4 is 10.5 Å². The number of anilines is 1. The Hall–Kier alpha value is -1.92. The summed E-state index contributed by atoms with van der Waals surface area (Å²) >= 11 is 0. The van der Waals surface area contributed by atoms with Crippen molar-refractivity contribution in [2.45, 2.75) is 51.6 Å². The number of nitrogens with zero attached hydrogens (tertiary/aromatic N) is 3. The minimum absolute atomic E-state index is 0.00176. The lowest BCUT2D eigenvalue weighted by Crippen LogP contribution is -2.18. The summed E-state index contributed by atoms with van der Waals surface area (Å²) < 4.78 is 5.72. The lowest BCUT2D eigenvalue weighted by Gasteiger charge is -2.16. The van der Waals surface area contributed by atoms with Crippen molar-refractivity contribution in [1.29, 1.82) is 0 Å². The molecule has 0 amide bonds. The van der Waals surface area contributed by atoms with E-state index in [1.807, 2.05) is 0 Å². The second kappa shape index (κ2) is 5.81. The standard InChI is InChI=1S/C12H18N4O3/c1-8-10(16(17)18)11(15-12(13)14-8)19-9-6-4-2-3-5-7-9/h9H,2-7H2,1H3,(H2,13,14,15). The van der Waals surface area contributed by atoms with Gasteiger partial charge in [0.1, 0.15) is 11.8 Å². The summed E-state index contributed by atoms with van der Waals surface area (Å²) in [7, 11) is 0. The average Bonchev–Trinajstić information content (AvgIpc) is 2.56. The lowest BCUT2D eigenvalue weighted by molar-refractivity contribution is -0.387. The third kappa shape index (κ3) is 3.30. The van der Waals surface area contributed by atoms with E-state index in [1.165, 1.54) is 19.8 Å². The van der Waals surface area contributed by atoms with Crippen LogP contribution in [-0.4, -0.2) is 21.0 Å². The van der Waals surface area contributed by atoms with Gasteiger partial charge in [0.15, 0.2) is 0 Å². The first kappa shape index (κ1) is 13.5. The quantitative estimate of drug-likeness (QED) is 0.511. The molecule has 0 radical (unpaired) electrons. The second-order valence-electron chi connectivity index (χ2n) is 4.81. The summed E-state index contributed by atoms with van der Waals surface area (Å²) in [5, 5.41) is 11.1. The van der Waals surface area contributed by atoms with Crippen LogP contribution in [0.15, 0.2) is 0 Å². The third-order valence-electron chi connectivity index (χ3n) is 3.31. The van der Waals surface area contributed by atoms with Crippen LogP contribution in [0.1, 0.15) is 44.2 Å². The molecule has 0 bridgehead atoms. The number of aryl methyl sites for hydroxylation is 1. The van der Waals surface area contributed by atoms with E-state index >= 15 is 0 Å². The summed E-state index contributed by atoms with van der Waals surface area (Å²) in [5.74, 6) is 0.00798. The molecule has 1 aliphatic carbocycles. The van der Waals surface area contributed by atoms with E-state index in [4.69, 9.17) is 10.5 Å². The summed E-state index contributed by atoms with van der Waals surface area (Å²) in [6, 6.07) is 0. The number of ether oxygens (including phenoxy) is 1. The monoisotopic (exact) mass is 266 g/mol. The molecule has 7 heteroatoms. The molecule has 1 heterocycles. The highest BCUT2D eigenvalue weighted by molar-refractivity contribution is 5.47. The van der Waals surface area contributed by atoms with Gasteiger partial charge in [0.25, 0.3) is 5.88 Å². The topological polar surface area (TPSA) is 104 Å². The van der Waals surface area contributed by atoms with Crippen molar-refractivity contribution in [3.63, 3.8) is 0 Å². The summed E-state index contributed by atoms with van der Waals surface area (Å²) in [6.07, 6.45) is 6.32. The first-order valence-corrected chi connectivity index (χ1v) is 6.53. The Morgan fingerprint density at radius 1 is 1.26 bits per heavy atom. The number of aromatic nitrogens is 2. The third-order valence-corrected chi connectivity index (χ3v) is 3.31. The highest BCUT2D eigenvalue weighted by atomic mass is 16.6. The van der Waals surface area contributed by atoms with Crippen molar-refractivity contribution >= 4 is 11.6 Å². The van der Waals surface area contributed by atoms with Crippen LogP contribution in [0.3, 0.4) is 0 Å². The molecule has 2 N–H and O–H groups in total. The van der Waals surface area contributed by atoms with Gasteiger partial charge in [0.2, 0.25) is 5.95 Å². The van der Waals surface area contributed by atoms with Crippen molar-refractivity contribution in [3.05, 3.63) is 15.8 Å². The minimum Gasteiger partial charge on any atom is -0.469 e. The largest absolute Gasteiger partial charge is 0.469 e. The second-order valence-corrected chi connectivity index (χ2v) is 4.81. The molecule has 1 aliphatic rings. The van der Waals surface area contributed by atoms with Gasteiger partial charge in [-0.1, -0.05) is 12.8 Å². The molecule has 2 rings (SSSR count). The van der Waals surface area contributed by atoms with Crippen molar-refractivity contribution in [3.8, 4) is 5.88 Å². The molecule has 0 aliphatic heterocycles. The van der Waals surface area contributed by atoms with Crippen LogP contribution in [0.5, 0.6) is 5.88 Å². The van der Waals surface area contributed by atoms with Gasteiger partial charge in [0, 0.05) is 0 Å². The molecule has 7 nitrogen and oxygen atoms in total.